The molecule has 0 atom stereocenters. The number of unbranched alkanes of at least 4 members (excludes halogenated alkanes) is 19. The van der Waals surface area contributed by atoms with Gasteiger partial charge in [0.1, 0.15) is 0 Å². The number of hydrogen-bond acceptors (Lipinski definition) is 5. The molecule has 0 saturated heterocycles. The molecule has 396 valence electrons. The summed E-state index contributed by atoms with van der Waals surface area (Å²) in [5, 5.41) is 18.5. The van der Waals surface area contributed by atoms with E-state index in [-0.39, 0.29) is 13.1 Å². The van der Waals surface area contributed by atoms with Crippen molar-refractivity contribution in [1.82, 2.24) is 14.8 Å². The number of aryl methyl sites for hydroxylation is 3. The van der Waals surface area contributed by atoms with E-state index in [2.05, 4.69) is 50.0 Å². The first kappa shape index (κ1) is 60.8. The third kappa shape index (κ3) is 25.7. The molecule has 12 heteroatoms. The van der Waals surface area contributed by atoms with Gasteiger partial charge >= 0.3 is 29.9 Å². The lowest BCUT2D eigenvalue weighted by Crippen LogP contribution is -2.35. The molecule has 72 heavy (non-hydrogen) atoms. The van der Waals surface area contributed by atoms with Gasteiger partial charge in [-0.3, -0.25) is 14.6 Å². The molecule has 0 bridgehead atoms. The molecule has 3 aromatic carbocycles. The van der Waals surface area contributed by atoms with Gasteiger partial charge in [0.05, 0.1) is 5.56 Å². The highest BCUT2D eigenvalue weighted by molar-refractivity contribution is 6.31. The highest BCUT2D eigenvalue weighted by Gasteiger charge is 2.30. The van der Waals surface area contributed by atoms with Crippen molar-refractivity contribution in [3.8, 4) is 0 Å². The molecule has 9 nitrogen and oxygen atoms in total. The molecule has 0 fully saturated rings. The van der Waals surface area contributed by atoms with Crippen LogP contribution in [0.4, 0.5) is 13.2 Å². The molecule has 0 saturated carbocycles. The minimum Gasteiger partial charge on any atom is -0.474 e. The van der Waals surface area contributed by atoms with Crippen molar-refractivity contribution in [2.75, 3.05) is 0 Å². The van der Waals surface area contributed by atoms with Crippen molar-refractivity contribution in [3.63, 3.8) is 0 Å². The summed E-state index contributed by atoms with van der Waals surface area (Å²) < 4.78 is 38.3. The number of carbonyl (C=O) groups excluding carboxylic acids is 2. The minimum absolute atomic E-state index is 0.00229. The fourth-order valence-corrected chi connectivity index (χ4v) is 8.68. The van der Waals surface area contributed by atoms with Crippen LogP contribution in [0.5, 0.6) is 0 Å². The van der Waals surface area contributed by atoms with Crippen LogP contribution in [0.1, 0.15) is 207 Å². The summed E-state index contributed by atoms with van der Waals surface area (Å²) in [7, 11) is 0. The fourth-order valence-electron chi connectivity index (χ4n) is 8.68. The maximum atomic E-state index is 12.8. The van der Waals surface area contributed by atoms with Crippen LogP contribution in [0.2, 0.25) is 0 Å². The van der Waals surface area contributed by atoms with Crippen molar-refractivity contribution in [2.45, 2.75) is 214 Å². The lowest BCUT2D eigenvalue weighted by molar-refractivity contribution is -0.156. The molecule has 2 N–H and O–H groups in total. The van der Waals surface area contributed by atoms with Gasteiger partial charge in [-0.2, -0.15) is 13.2 Å². The first-order valence-electron chi connectivity index (χ1n) is 27.0. The first-order chi connectivity index (χ1) is 34.7. The summed E-state index contributed by atoms with van der Waals surface area (Å²) in [5.74, 6) is -5.01. The van der Waals surface area contributed by atoms with E-state index in [1.165, 1.54) is 157 Å². The summed E-state index contributed by atoms with van der Waals surface area (Å²) in [6.45, 7) is 7.16. The van der Waals surface area contributed by atoms with Crippen molar-refractivity contribution in [1.29, 1.82) is 0 Å². The Labute approximate surface area is 429 Å². The third-order valence-corrected chi connectivity index (χ3v) is 13.1. The summed E-state index contributed by atoms with van der Waals surface area (Å²) in [6, 6.07) is 24.6. The number of carboxylic acids is 2. The van der Waals surface area contributed by atoms with E-state index in [9.17, 15) is 42.6 Å². The molecule has 4 rings (SSSR count). The number of carboxylic acid groups (broad SMARTS) is 2. The van der Waals surface area contributed by atoms with Crippen molar-refractivity contribution >= 4 is 23.8 Å². The lowest BCUT2D eigenvalue weighted by Gasteiger charge is -2.21. The van der Waals surface area contributed by atoms with Crippen molar-refractivity contribution in [2.24, 2.45) is 0 Å². The molecule has 0 aliphatic heterocycles. The van der Waals surface area contributed by atoms with E-state index in [0.717, 1.165) is 66.0 Å². The first-order valence-corrected chi connectivity index (χ1v) is 27.0. The van der Waals surface area contributed by atoms with Crippen LogP contribution < -0.4 is 0 Å². The Kier molecular flexibility index (Phi) is 30.0. The molecule has 0 aliphatic rings. The Morgan fingerprint density at radius 2 is 0.694 bits per heavy atom. The molecular weight excluding hydrogens is 916 g/mol. The molecule has 1 aromatic heterocycles. The normalized spacial score (nSPS) is 11.2. The molecule has 1 heterocycles. The maximum absolute atomic E-state index is 12.8. The quantitative estimate of drug-likeness (QED) is 0.0359. The Balaban J connectivity index is 0.000000380. The second-order valence-electron chi connectivity index (χ2n) is 19.4. The summed E-state index contributed by atoms with van der Waals surface area (Å²) in [5.41, 5.74) is 5.71. The van der Waals surface area contributed by atoms with Gasteiger partial charge in [0.2, 0.25) is 0 Å². The second kappa shape index (κ2) is 35.6. The van der Waals surface area contributed by atoms with Crippen LogP contribution in [-0.4, -0.2) is 48.7 Å². The monoisotopic (exact) mass is 1000 g/mol. The number of nitrogens with zero attached hydrogens (tertiary/aromatic N) is 3. The van der Waals surface area contributed by atoms with Gasteiger partial charge in [-0.05, 0) is 90.1 Å². The van der Waals surface area contributed by atoms with Crippen LogP contribution in [0.25, 0.3) is 0 Å². The average molecular weight is 1000 g/mol. The highest BCUT2D eigenvalue weighted by atomic mass is 19.4. The van der Waals surface area contributed by atoms with Gasteiger partial charge < -0.3 is 20.0 Å². The van der Waals surface area contributed by atoms with Gasteiger partial charge in [0.25, 0.3) is 0 Å². The Bertz CT molecular complexity index is 2050. The maximum Gasteiger partial charge on any atom is 0.416 e. The SMILES string of the molecule is CCCCCCCCCCCCc1ccc(CN(Cc2ccc(C(F)(F)F)cc2)C(=O)C(=O)O)cn1.CCCCCCCCc1ccc(CN(Cc2ccc(CCCCCCCC)cc2)C(=O)C(=O)O)cc1. The highest BCUT2D eigenvalue weighted by Crippen LogP contribution is 2.29. The van der Waals surface area contributed by atoms with Crippen LogP contribution >= 0.6 is 0 Å². The summed E-state index contributed by atoms with van der Waals surface area (Å²) in [6.07, 6.45) is 28.1. The molecule has 0 aliphatic carbocycles. The minimum atomic E-state index is -4.46. The number of benzene rings is 3. The third-order valence-electron chi connectivity index (χ3n) is 13.1. The van der Waals surface area contributed by atoms with Gasteiger partial charge in [-0.25, -0.2) is 9.59 Å². The number of aliphatic carboxylic acids is 2. The molecule has 0 radical (unpaired) electrons. The number of carbonyl (C=O) groups is 4. The van der Waals surface area contributed by atoms with Gasteiger partial charge in [0.15, 0.2) is 0 Å². The van der Waals surface area contributed by atoms with E-state index in [1.54, 1.807) is 6.20 Å². The zero-order valence-corrected chi connectivity index (χ0v) is 43.7. The number of rotatable bonds is 33. The Hall–Kier alpha value is -5.52. The van der Waals surface area contributed by atoms with E-state index in [4.69, 9.17) is 0 Å². The van der Waals surface area contributed by atoms with E-state index in [0.29, 0.717) is 24.2 Å². The molecule has 0 spiro atoms. The van der Waals surface area contributed by atoms with Crippen LogP contribution in [0.3, 0.4) is 0 Å². The number of alkyl halides is 3. The predicted molar refractivity (Wildman–Crippen MR) is 282 cm³/mol. The smallest absolute Gasteiger partial charge is 0.416 e. The molecule has 4 aromatic rings. The van der Waals surface area contributed by atoms with E-state index in [1.807, 2.05) is 36.4 Å². The summed E-state index contributed by atoms with van der Waals surface area (Å²) in [4.78, 5) is 54.3. The zero-order valence-electron chi connectivity index (χ0n) is 43.7. The Morgan fingerprint density at radius 1 is 0.403 bits per heavy atom. The van der Waals surface area contributed by atoms with Gasteiger partial charge in [-0.15, -0.1) is 0 Å². The molecule has 0 unspecified atom stereocenters. The van der Waals surface area contributed by atoms with Gasteiger partial charge in [-0.1, -0.05) is 209 Å². The van der Waals surface area contributed by atoms with Crippen LogP contribution in [-0.2, 0) is 70.8 Å². The number of pyridine rings is 1. The van der Waals surface area contributed by atoms with Crippen molar-refractivity contribution < 1.29 is 42.6 Å². The lowest BCUT2D eigenvalue weighted by atomic mass is 10.0. The zero-order chi connectivity index (χ0) is 52.4. The Morgan fingerprint density at radius 3 is 1.01 bits per heavy atom. The molecular formula is C60H84F3N3O6. The largest absolute Gasteiger partial charge is 0.474 e. The standard InChI is InChI=1S/C32H47NO3.C28H37F3N2O3/c1-3-5-7-9-11-13-15-27-17-21-29(22-18-27)25-33(31(34)32(35)36)26-30-23-19-28(20-24-30)16-14-12-10-8-6-4-2;1-2-3-4-5-6-7-8-9-10-11-12-25-18-15-23(19-32-25)21-33(26(34)27(35)36)20-22-13-16-24(17-14-22)28(29,30)31/h17-24H,3-16,25-26H2,1-2H3,(H,35,36);13-19H,2-12,20-21H2,1H3,(H,35,36). The predicted octanol–water partition coefficient (Wildman–Crippen LogP) is 15.3. The van der Waals surface area contributed by atoms with Gasteiger partial charge in [0, 0.05) is 38.1 Å². The van der Waals surface area contributed by atoms with E-state index < -0.39 is 35.5 Å². The number of amides is 2. The van der Waals surface area contributed by atoms with Crippen LogP contribution in [0, 0.1) is 0 Å². The number of aromatic nitrogens is 1. The van der Waals surface area contributed by atoms with Crippen LogP contribution in [0.15, 0.2) is 91.1 Å². The summed E-state index contributed by atoms with van der Waals surface area (Å²) >= 11 is 0. The van der Waals surface area contributed by atoms with Crippen molar-refractivity contribution in [3.05, 3.63) is 136 Å². The average Bonchev–Trinajstić information content (AvgIpc) is 3.37. The molecule has 2 amide bonds. The fraction of sp³-hybridized carbons (Fsp3) is 0.550. The number of hydrogen-bond donors (Lipinski definition) is 2. The number of halogens is 3. The topological polar surface area (TPSA) is 128 Å². The van der Waals surface area contributed by atoms with E-state index >= 15 is 0 Å². The second-order valence-corrected chi connectivity index (χ2v) is 19.4.